The van der Waals surface area contributed by atoms with Crippen molar-refractivity contribution in [2.24, 2.45) is 0 Å². The molecule has 0 fully saturated rings. The quantitative estimate of drug-likeness (QED) is 0.559. The van der Waals surface area contributed by atoms with Crippen molar-refractivity contribution in [3.05, 3.63) is 23.8 Å². The van der Waals surface area contributed by atoms with Gasteiger partial charge in [0.15, 0.2) is 0 Å². The maximum absolute atomic E-state index is 11.2. The Morgan fingerprint density at radius 3 is 2.43 bits per heavy atom. The van der Waals surface area contributed by atoms with E-state index in [1.807, 2.05) is 0 Å². The summed E-state index contributed by atoms with van der Waals surface area (Å²) in [7, 11) is 0. The summed E-state index contributed by atoms with van der Waals surface area (Å²) < 4.78 is -1.11. The van der Waals surface area contributed by atoms with E-state index >= 15 is 0 Å². The van der Waals surface area contributed by atoms with E-state index in [0.29, 0.717) is 5.57 Å². The maximum Gasteiger partial charge on any atom is 0.249 e. The van der Waals surface area contributed by atoms with Crippen molar-refractivity contribution in [1.82, 2.24) is 0 Å². The van der Waals surface area contributed by atoms with Gasteiger partial charge in [0, 0.05) is 5.57 Å². The van der Waals surface area contributed by atoms with Gasteiger partial charge in [0.1, 0.15) is 4.32 Å². The fourth-order valence-corrected chi connectivity index (χ4v) is 2.75. The fraction of sp³-hybridized carbons (Fsp3) is 0.250. The van der Waals surface area contributed by atoms with Crippen molar-refractivity contribution in [1.29, 1.82) is 0 Å². The molecule has 76 valence electrons. The van der Waals surface area contributed by atoms with Crippen LogP contribution in [0.2, 0.25) is 0 Å². The largest absolute Gasteiger partial charge is 0.279 e. The third-order valence-corrected chi connectivity index (χ3v) is 5.46. The highest BCUT2D eigenvalue weighted by Gasteiger charge is 2.43. The van der Waals surface area contributed by atoms with Gasteiger partial charge in [-0.3, -0.25) is 9.59 Å². The molecule has 1 rings (SSSR count). The molecule has 0 bridgehead atoms. The highest BCUT2D eigenvalue weighted by molar-refractivity contribution is 9.13. The van der Waals surface area contributed by atoms with Crippen LogP contribution < -0.4 is 0 Å². The monoisotopic (exact) mass is 360 g/mol. The third-order valence-electron chi connectivity index (χ3n) is 1.78. The predicted octanol–water partition coefficient (Wildman–Crippen LogP) is 2.91. The Morgan fingerprint density at radius 1 is 1.43 bits per heavy atom. The molecule has 0 spiro atoms. The van der Waals surface area contributed by atoms with Gasteiger partial charge in [0.25, 0.3) is 0 Å². The number of rotatable bonds is 2. The maximum atomic E-state index is 11.2. The zero-order valence-electron chi connectivity index (χ0n) is 6.64. The van der Waals surface area contributed by atoms with Gasteiger partial charge in [-0.2, -0.15) is 0 Å². The smallest absolute Gasteiger partial charge is 0.249 e. The number of alkyl halides is 2. The second-order valence-corrected chi connectivity index (χ2v) is 5.57. The molecule has 1 aliphatic rings. The van der Waals surface area contributed by atoms with Crippen LogP contribution in [0, 0.1) is 0 Å². The van der Waals surface area contributed by atoms with Gasteiger partial charge < -0.3 is 0 Å². The van der Waals surface area contributed by atoms with Crippen LogP contribution in [-0.4, -0.2) is 19.6 Å². The van der Waals surface area contributed by atoms with Crippen LogP contribution in [0.3, 0.4) is 0 Å². The molecule has 0 aromatic heterocycles. The van der Waals surface area contributed by atoms with Crippen molar-refractivity contribution in [3.63, 3.8) is 0 Å². The average molecular weight is 363 g/mol. The summed E-state index contributed by atoms with van der Waals surface area (Å²) in [5.41, 5.74) is 0.292. The lowest BCUT2D eigenvalue weighted by molar-refractivity contribution is -0.112. The molecule has 0 N–H and O–H groups in total. The minimum atomic E-state index is -1.11. The van der Waals surface area contributed by atoms with Crippen LogP contribution >= 0.6 is 55.1 Å². The van der Waals surface area contributed by atoms with Gasteiger partial charge in [-0.05, 0) is 23.2 Å². The molecule has 0 amide bonds. The second-order valence-electron chi connectivity index (χ2n) is 2.66. The third kappa shape index (κ3) is 2.13. The van der Waals surface area contributed by atoms with Crippen molar-refractivity contribution < 1.29 is 9.59 Å². The Hall–Kier alpha value is 0.360. The summed E-state index contributed by atoms with van der Waals surface area (Å²) in [6.45, 7) is 0. The highest BCUT2D eigenvalue weighted by Crippen LogP contribution is 2.39. The van der Waals surface area contributed by atoms with E-state index in [0.717, 1.165) is 0 Å². The average Bonchev–Trinajstić information content (AvgIpc) is 2.09. The lowest BCUT2D eigenvalue weighted by Crippen LogP contribution is -2.39. The molecule has 2 atom stereocenters. The van der Waals surface area contributed by atoms with Crippen LogP contribution in [-0.2, 0) is 9.59 Å². The van der Waals surface area contributed by atoms with E-state index in [-0.39, 0.29) is 0 Å². The highest BCUT2D eigenvalue weighted by atomic mass is 79.9. The Morgan fingerprint density at radius 2 is 2.00 bits per heavy atom. The topological polar surface area (TPSA) is 34.1 Å². The number of allylic oxidation sites excluding steroid dienone is 4. The zero-order chi connectivity index (χ0) is 10.9. The van der Waals surface area contributed by atoms with Crippen molar-refractivity contribution in [3.8, 4) is 0 Å². The molecular weight excluding hydrogens is 359 g/mol. The van der Waals surface area contributed by atoms with E-state index in [1.165, 1.54) is 6.08 Å². The Bertz CT molecular complexity index is 351. The lowest BCUT2D eigenvalue weighted by atomic mass is 9.95. The normalized spacial score (nSPS) is 31.1. The first-order valence-electron chi connectivity index (χ1n) is 3.51. The molecule has 0 radical (unpaired) electrons. The summed E-state index contributed by atoms with van der Waals surface area (Å²) in [6.07, 6.45) is 4.65. The van der Waals surface area contributed by atoms with E-state index in [4.69, 9.17) is 23.2 Å². The van der Waals surface area contributed by atoms with Crippen LogP contribution in [0.15, 0.2) is 23.8 Å². The summed E-state index contributed by atoms with van der Waals surface area (Å²) in [5, 5.41) is -1.22. The van der Waals surface area contributed by atoms with Crippen LogP contribution in [0.25, 0.3) is 0 Å². The molecule has 14 heavy (non-hydrogen) atoms. The van der Waals surface area contributed by atoms with Crippen molar-refractivity contribution in [2.45, 2.75) is 9.15 Å². The van der Waals surface area contributed by atoms with Gasteiger partial charge in [-0.15, -0.1) is 0 Å². The molecule has 0 aliphatic heterocycles. The molecule has 0 saturated carbocycles. The molecular formula is C8H4Br2Cl2O2. The summed E-state index contributed by atoms with van der Waals surface area (Å²) in [4.78, 5) is 21.6. The first kappa shape index (κ1) is 12.4. The summed E-state index contributed by atoms with van der Waals surface area (Å²) in [6, 6.07) is 0. The van der Waals surface area contributed by atoms with Crippen molar-refractivity contribution in [2.75, 3.05) is 0 Å². The van der Waals surface area contributed by atoms with E-state index < -0.39 is 19.6 Å². The summed E-state index contributed by atoms with van der Waals surface area (Å²) >= 11 is 17.1. The second kappa shape index (κ2) is 4.47. The molecule has 0 heterocycles. The molecule has 0 aromatic rings. The molecule has 1 aliphatic carbocycles. The molecule has 2 nitrogen and oxygen atoms in total. The van der Waals surface area contributed by atoms with Gasteiger partial charge in [0.2, 0.25) is 10.5 Å². The molecule has 6 heteroatoms. The Labute approximate surface area is 108 Å². The predicted molar refractivity (Wildman–Crippen MR) is 63.3 cm³/mol. The first-order valence-corrected chi connectivity index (χ1v) is 5.98. The van der Waals surface area contributed by atoms with Gasteiger partial charge in [-0.1, -0.05) is 50.1 Å². The lowest BCUT2D eigenvalue weighted by Gasteiger charge is -2.28. The molecule has 2 unspecified atom stereocenters. The first-order chi connectivity index (χ1) is 6.39. The van der Waals surface area contributed by atoms with Gasteiger partial charge >= 0.3 is 0 Å². The van der Waals surface area contributed by atoms with Crippen LogP contribution in [0.5, 0.6) is 0 Å². The minimum absolute atomic E-state index is 0.292. The van der Waals surface area contributed by atoms with E-state index in [9.17, 15) is 9.59 Å². The van der Waals surface area contributed by atoms with E-state index in [1.54, 1.807) is 12.2 Å². The number of halogens is 4. The fourth-order valence-electron chi connectivity index (χ4n) is 1.02. The zero-order valence-corrected chi connectivity index (χ0v) is 11.3. The number of hydrogen-bond acceptors (Lipinski definition) is 2. The van der Waals surface area contributed by atoms with E-state index in [2.05, 4.69) is 31.9 Å². The van der Waals surface area contributed by atoms with Crippen molar-refractivity contribution >= 4 is 65.5 Å². The summed E-state index contributed by atoms with van der Waals surface area (Å²) in [5.74, 6) is 0. The van der Waals surface area contributed by atoms with Gasteiger partial charge in [0.05, 0.1) is 4.83 Å². The Kier molecular flexibility index (Phi) is 3.97. The van der Waals surface area contributed by atoms with Crippen LogP contribution in [0.1, 0.15) is 0 Å². The molecule has 0 aromatic carbocycles. The standard InChI is InChI=1S/C8H4Br2Cl2O2/c9-5-4(6(11)13)2-1-3-8(5,10)7(12)14/h1-3,5H. The number of carbonyl (C=O) groups is 2. The number of hydrogen-bond donors (Lipinski definition) is 0. The number of carbonyl (C=O) groups excluding carboxylic acids is 2. The van der Waals surface area contributed by atoms with Gasteiger partial charge in [-0.25, -0.2) is 0 Å². The molecule has 0 saturated heterocycles. The minimum Gasteiger partial charge on any atom is -0.279 e. The SMILES string of the molecule is O=C(Cl)C1=CC=CC(Br)(C(=O)Cl)C1Br. The van der Waals surface area contributed by atoms with Crippen LogP contribution in [0.4, 0.5) is 0 Å². The Balaban J connectivity index is 3.11.